The summed E-state index contributed by atoms with van der Waals surface area (Å²) in [4.78, 5) is 15.3. The average molecular weight is 629 g/mol. The van der Waals surface area contributed by atoms with Crippen LogP contribution in [0.1, 0.15) is 60.0 Å². The van der Waals surface area contributed by atoms with Gasteiger partial charge in [0.25, 0.3) is 5.91 Å². The van der Waals surface area contributed by atoms with Crippen LogP contribution in [0.15, 0.2) is 61.7 Å². The van der Waals surface area contributed by atoms with Crippen LogP contribution in [0.25, 0.3) is 0 Å². The van der Waals surface area contributed by atoms with E-state index in [4.69, 9.17) is 21.1 Å². The number of amides is 1. The summed E-state index contributed by atoms with van der Waals surface area (Å²) in [5.41, 5.74) is 2.31. The lowest BCUT2D eigenvalue weighted by Crippen LogP contribution is -2.49. The average Bonchev–Trinajstić information content (AvgIpc) is 2.98. The first-order valence-corrected chi connectivity index (χ1v) is 17.0. The van der Waals surface area contributed by atoms with Crippen molar-refractivity contribution >= 4 is 33.2 Å². The van der Waals surface area contributed by atoms with E-state index in [0.717, 1.165) is 62.0 Å². The summed E-state index contributed by atoms with van der Waals surface area (Å²) in [6, 6.07) is 10.9. The minimum Gasteiger partial charge on any atom is -0.487 e. The van der Waals surface area contributed by atoms with Crippen LogP contribution in [0.2, 0.25) is 5.02 Å². The molecule has 4 atom stereocenters. The maximum atomic E-state index is 13.0. The number of fused-ring (bicyclic) bond motifs is 2. The first kappa shape index (κ1) is 31.6. The maximum absolute atomic E-state index is 13.0. The molecule has 10 heteroatoms. The van der Waals surface area contributed by atoms with Crippen molar-refractivity contribution < 1.29 is 27.8 Å². The number of hydrogen-bond acceptors (Lipinski definition) is 7. The van der Waals surface area contributed by atoms with Gasteiger partial charge in [0.05, 0.1) is 29.8 Å². The minimum atomic E-state index is -3.84. The predicted molar refractivity (Wildman–Crippen MR) is 169 cm³/mol. The van der Waals surface area contributed by atoms with Gasteiger partial charge in [-0.05, 0) is 85.4 Å². The van der Waals surface area contributed by atoms with Crippen molar-refractivity contribution in [1.82, 2.24) is 4.72 Å². The highest BCUT2D eigenvalue weighted by atomic mass is 35.5. The normalized spacial score (nSPS) is 26.0. The molecule has 1 aliphatic carbocycles. The fourth-order valence-corrected chi connectivity index (χ4v) is 7.42. The lowest BCUT2D eigenvalue weighted by atomic mass is 9.67. The first-order valence-electron chi connectivity index (χ1n) is 15.0. The third kappa shape index (κ3) is 7.63. The van der Waals surface area contributed by atoms with Gasteiger partial charge in [-0.1, -0.05) is 29.8 Å². The summed E-state index contributed by atoms with van der Waals surface area (Å²) in [6.07, 6.45) is 8.74. The topological polar surface area (TPSA) is 105 Å². The van der Waals surface area contributed by atoms with Gasteiger partial charge in [0.2, 0.25) is 10.0 Å². The van der Waals surface area contributed by atoms with E-state index in [2.05, 4.69) is 22.8 Å². The number of benzene rings is 2. The van der Waals surface area contributed by atoms with Gasteiger partial charge in [0.1, 0.15) is 12.4 Å². The Labute approximate surface area is 259 Å². The fraction of sp³-hybridized carbons (Fsp3) is 0.485. The summed E-state index contributed by atoms with van der Waals surface area (Å²) >= 11 is 6.31. The molecule has 0 bridgehead atoms. The Morgan fingerprint density at radius 2 is 2.00 bits per heavy atom. The van der Waals surface area contributed by atoms with Gasteiger partial charge in [0.15, 0.2) is 0 Å². The number of hydrogen-bond donors (Lipinski definition) is 2. The number of halogens is 1. The van der Waals surface area contributed by atoms with Crippen LogP contribution >= 0.6 is 11.6 Å². The van der Waals surface area contributed by atoms with Crippen LogP contribution in [-0.4, -0.2) is 56.6 Å². The minimum absolute atomic E-state index is 0.0402. The Morgan fingerprint density at radius 3 is 2.74 bits per heavy atom. The lowest BCUT2D eigenvalue weighted by Gasteiger charge is -2.47. The van der Waals surface area contributed by atoms with Crippen molar-refractivity contribution in [3.63, 3.8) is 0 Å². The van der Waals surface area contributed by atoms with Crippen LogP contribution < -0.4 is 14.4 Å². The van der Waals surface area contributed by atoms with Crippen molar-refractivity contribution in [2.24, 2.45) is 11.8 Å². The van der Waals surface area contributed by atoms with E-state index in [1.807, 2.05) is 18.2 Å². The second-order valence-corrected chi connectivity index (χ2v) is 14.2. The highest BCUT2D eigenvalue weighted by Crippen LogP contribution is 2.44. The zero-order valence-electron chi connectivity index (χ0n) is 24.5. The zero-order chi connectivity index (χ0) is 30.6. The highest BCUT2D eigenvalue weighted by molar-refractivity contribution is 7.90. The van der Waals surface area contributed by atoms with E-state index in [1.54, 1.807) is 24.3 Å². The van der Waals surface area contributed by atoms with E-state index in [1.165, 1.54) is 6.08 Å². The van der Waals surface area contributed by atoms with Crippen molar-refractivity contribution in [2.75, 3.05) is 30.3 Å². The number of aryl methyl sites for hydroxylation is 1. The van der Waals surface area contributed by atoms with Crippen molar-refractivity contribution in [1.29, 1.82) is 0 Å². The van der Waals surface area contributed by atoms with Gasteiger partial charge in [0, 0.05) is 36.5 Å². The molecule has 0 radical (unpaired) electrons. The number of carbonyl (C=O) groups is 1. The van der Waals surface area contributed by atoms with Crippen molar-refractivity contribution in [3.05, 3.63) is 83.4 Å². The van der Waals surface area contributed by atoms with Gasteiger partial charge in [-0.3, -0.25) is 4.79 Å². The largest absolute Gasteiger partial charge is 0.487 e. The summed E-state index contributed by atoms with van der Waals surface area (Å²) in [7, 11) is -3.84. The Morgan fingerprint density at radius 1 is 1.16 bits per heavy atom. The molecule has 3 aliphatic rings. The Kier molecular flexibility index (Phi) is 9.86. The fourth-order valence-electron chi connectivity index (χ4n) is 6.43. The SMILES string of the molecule is C=CCS(=O)(=O)NC(=O)c1ccc2c(c1)N(C[C@@H]1CC[C@H]1[C@H]1C[C@@](O)(C=C)CCO1)CCCCc1cc(Cl)ccc1CO2. The van der Waals surface area contributed by atoms with Crippen molar-refractivity contribution in [3.8, 4) is 5.75 Å². The van der Waals surface area contributed by atoms with Crippen LogP contribution in [0.5, 0.6) is 5.75 Å². The molecule has 1 saturated heterocycles. The molecule has 2 fully saturated rings. The number of sulfonamides is 1. The second kappa shape index (κ2) is 13.4. The summed E-state index contributed by atoms with van der Waals surface area (Å²) in [5, 5.41) is 11.6. The van der Waals surface area contributed by atoms with E-state index >= 15 is 0 Å². The Bertz CT molecular complexity index is 1460. The smallest absolute Gasteiger partial charge is 0.264 e. The standard InChI is InChI=1S/C33H41ClN2O6S/c1-3-17-43(39,40)35-32(37)24-10-13-30-29(19-24)36(15-6-5-7-23-18-27(34)11-8-26(23)22-42-30)21-25-9-12-28(25)31-20-33(38,4-2)14-16-41-31/h3-4,8,10-11,13,18-19,25,28,31,38H,1-2,5-7,9,12,14-17,20-22H2,(H,35,37)/t25-,28+,31+,33+/m0/s1. The maximum Gasteiger partial charge on any atom is 0.264 e. The summed E-state index contributed by atoms with van der Waals surface area (Å²) in [6.45, 7) is 9.61. The number of carbonyl (C=O) groups excluding carboxylic acids is 1. The first-order chi connectivity index (χ1) is 20.6. The molecule has 0 spiro atoms. The molecule has 2 aliphatic heterocycles. The molecule has 232 valence electrons. The van der Waals surface area contributed by atoms with Gasteiger partial charge < -0.3 is 19.5 Å². The summed E-state index contributed by atoms with van der Waals surface area (Å²) in [5.74, 6) is 0.210. The molecule has 0 aromatic heterocycles. The highest BCUT2D eigenvalue weighted by Gasteiger charge is 2.44. The van der Waals surface area contributed by atoms with Crippen LogP contribution in [0, 0.1) is 11.8 Å². The number of nitrogens with one attached hydrogen (secondary N) is 1. The van der Waals surface area contributed by atoms with Gasteiger partial charge in [-0.15, -0.1) is 13.2 Å². The molecule has 43 heavy (non-hydrogen) atoms. The van der Waals surface area contributed by atoms with Crippen LogP contribution in [-0.2, 0) is 27.8 Å². The van der Waals surface area contributed by atoms with E-state index in [0.29, 0.717) is 48.7 Å². The molecule has 0 unspecified atom stereocenters. The quantitative estimate of drug-likeness (QED) is 0.376. The lowest BCUT2D eigenvalue weighted by molar-refractivity contribution is -0.124. The predicted octanol–water partition coefficient (Wildman–Crippen LogP) is 5.43. The molecule has 1 amide bonds. The van der Waals surface area contributed by atoms with Crippen molar-refractivity contribution in [2.45, 2.75) is 63.3 Å². The van der Waals surface area contributed by atoms with E-state index < -0.39 is 21.5 Å². The monoisotopic (exact) mass is 628 g/mol. The van der Waals surface area contributed by atoms with Gasteiger partial charge >= 0.3 is 0 Å². The Balaban J connectivity index is 1.43. The molecule has 5 rings (SSSR count). The molecule has 1 saturated carbocycles. The van der Waals surface area contributed by atoms with E-state index in [9.17, 15) is 18.3 Å². The van der Waals surface area contributed by atoms with Crippen LogP contribution in [0.4, 0.5) is 5.69 Å². The second-order valence-electron chi connectivity index (χ2n) is 12.0. The third-order valence-corrected chi connectivity index (χ3v) is 10.4. The summed E-state index contributed by atoms with van der Waals surface area (Å²) < 4.78 is 39.3. The zero-order valence-corrected chi connectivity index (χ0v) is 26.0. The molecule has 2 N–H and O–H groups in total. The molecule has 2 aromatic rings. The number of aliphatic hydroxyl groups is 1. The molecule has 2 heterocycles. The van der Waals surface area contributed by atoms with Gasteiger partial charge in [-0.2, -0.15) is 0 Å². The number of ether oxygens (including phenoxy) is 2. The van der Waals surface area contributed by atoms with E-state index in [-0.39, 0.29) is 17.4 Å². The van der Waals surface area contributed by atoms with Gasteiger partial charge in [-0.25, -0.2) is 13.1 Å². The Hall–Kier alpha value is -2.85. The molecular weight excluding hydrogens is 588 g/mol. The molecule has 2 aromatic carbocycles. The number of nitrogens with zero attached hydrogens (tertiary/aromatic N) is 1. The number of anilines is 1. The van der Waals surface area contributed by atoms with Crippen LogP contribution in [0.3, 0.4) is 0 Å². The molecule has 8 nitrogen and oxygen atoms in total. The number of rotatable bonds is 8. The molecular formula is C33H41ClN2O6S. The third-order valence-electron chi connectivity index (χ3n) is 9.03.